The Balaban J connectivity index is 2.00. The Morgan fingerprint density at radius 2 is 2.22 bits per heavy atom. The molecule has 1 atom stereocenters. The van der Waals surface area contributed by atoms with Gasteiger partial charge in [-0.05, 0) is 36.6 Å². The molecule has 1 N–H and O–H groups in total. The second kappa shape index (κ2) is 5.56. The molecule has 1 aromatic rings. The van der Waals surface area contributed by atoms with Crippen molar-refractivity contribution in [2.24, 2.45) is 0 Å². The molecule has 1 unspecified atom stereocenters. The van der Waals surface area contributed by atoms with Crippen molar-refractivity contribution in [3.8, 4) is 12.3 Å². The summed E-state index contributed by atoms with van der Waals surface area (Å²) in [6, 6.07) is 7.66. The zero-order valence-electron chi connectivity index (χ0n) is 10.3. The number of anilines is 2. The summed E-state index contributed by atoms with van der Waals surface area (Å²) in [6.45, 7) is 1.90. The van der Waals surface area contributed by atoms with Gasteiger partial charge in [0.05, 0.1) is 6.10 Å². The molecule has 94 valence electrons. The summed E-state index contributed by atoms with van der Waals surface area (Å²) in [6.07, 6.45) is 6.35. The number of hydrogen-bond donors (Lipinski definition) is 1. The van der Waals surface area contributed by atoms with Crippen molar-refractivity contribution in [3.05, 3.63) is 24.3 Å². The molecule has 1 aliphatic rings. The van der Waals surface area contributed by atoms with Crippen molar-refractivity contribution in [1.29, 1.82) is 0 Å². The van der Waals surface area contributed by atoms with Crippen LogP contribution < -0.4 is 10.2 Å². The normalized spacial score (nSPS) is 18.4. The van der Waals surface area contributed by atoms with Gasteiger partial charge in [0, 0.05) is 31.6 Å². The fraction of sp³-hybridized carbons (Fsp3) is 0.357. The molecular weight excluding hydrogens is 228 g/mol. The summed E-state index contributed by atoms with van der Waals surface area (Å²) >= 11 is 0. The molecule has 1 aromatic carbocycles. The SMILES string of the molecule is C#CC(=O)Nc1ccc(N2CCC(OC)C2)cc1. The summed E-state index contributed by atoms with van der Waals surface area (Å²) in [5, 5.41) is 2.61. The minimum Gasteiger partial charge on any atom is -0.380 e. The average molecular weight is 244 g/mol. The van der Waals surface area contributed by atoms with Crippen molar-refractivity contribution in [2.45, 2.75) is 12.5 Å². The number of amides is 1. The van der Waals surface area contributed by atoms with E-state index in [9.17, 15) is 4.79 Å². The zero-order chi connectivity index (χ0) is 13.0. The first kappa shape index (κ1) is 12.5. The predicted octanol–water partition coefficient (Wildman–Crippen LogP) is 1.48. The molecule has 1 amide bonds. The quantitative estimate of drug-likeness (QED) is 0.819. The van der Waals surface area contributed by atoms with Crippen molar-refractivity contribution in [3.63, 3.8) is 0 Å². The Morgan fingerprint density at radius 1 is 1.50 bits per heavy atom. The van der Waals surface area contributed by atoms with Crippen LogP contribution in [0.5, 0.6) is 0 Å². The third kappa shape index (κ3) is 2.82. The molecule has 0 aromatic heterocycles. The standard InChI is InChI=1S/C14H16N2O2/c1-3-14(17)15-11-4-6-12(7-5-11)16-9-8-13(10-16)18-2/h1,4-7,13H,8-10H2,2H3,(H,15,17). The minimum atomic E-state index is -0.427. The average Bonchev–Trinajstić information content (AvgIpc) is 2.88. The first-order chi connectivity index (χ1) is 8.72. The van der Waals surface area contributed by atoms with Crippen molar-refractivity contribution in [2.75, 3.05) is 30.4 Å². The molecule has 1 fully saturated rings. The van der Waals surface area contributed by atoms with Crippen molar-refractivity contribution < 1.29 is 9.53 Å². The number of nitrogens with one attached hydrogen (secondary N) is 1. The number of carbonyl (C=O) groups excluding carboxylic acids is 1. The number of benzene rings is 1. The van der Waals surface area contributed by atoms with Gasteiger partial charge in [-0.2, -0.15) is 0 Å². The molecule has 0 bridgehead atoms. The number of rotatable bonds is 3. The largest absolute Gasteiger partial charge is 0.380 e. The molecule has 18 heavy (non-hydrogen) atoms. The third-order valence-corrected chi connectivity index (χ3v) is 3.10. The first-order valence-electron chi connectivity index (χ1n) is 5.88. The third-order valence-electron chi connectivity index (χ3n) is 3.10. The first-order valence-corrected chi connectivity index (χ1v) is 5.88. The van der Waals surface area contributed by atoms with Gasteiger partial charge in [-0.15, -0.1) is 6.42 Å². The maximum Gasteiger partial charge on any atom is 0.300 e. The zero-order valence-corrected chi connectivity index (χ0v) is 10.3. The van der Waals surface area contributed by atoms with E-state index in [-0.39, 0.29) is 0 Å². The van der Waals surface area contributed by atoms with Crippen LogP contribution in [0.25, 0.3) is 0 Å². The molecule has 1 saturated heterocycles. The van der Waals surface area contributed by atoms with Crippen LogP contribution in [-0.4, -0.2) is 32.2 Å². The lowest BCUT2D eigenvalue weighted by Gasteiger charge is -2.18. The molecule has 0 spiro atoms. The molecule has 4 heteroatoms. The molecular formula is C14H16N2O2. The fourth-order valence-corrected chi connectivity index (χ4v) is 2.08. The van der Waals surface area contributed by atoms with Gasteiger partial charge < -0.3 is 15.0 Å². The minimum absolute atomic E-state index is 0.311. The molecule has 4 nitrogen and oxygen atoms in total. The van der Waals surface area contributed by atoms with Gasteiger partial charge in [0.1, 0.15) is 0 Å². The van der Waals surface area contributed by atoms with Crippen LogP contribution in [0, 0.1) is 12.3 Å². The molecule has 0 aliphatic carbocycles. The van der Waals surface area contributed by atoms with E-state index in [0.717, 1.165) is 25.2 Å². The van der Waals surface area contributed by atoms with Crippen LogP contribution in [0.3, 0.4) is 0 Å². The Hall–Kier alpha value is -1.99. The van der Waals surface area contributed by atoms with E-state index >= 15 is 0 Å². The van der Waals surface area contributed by atoms with Crippen molar-refractivity contribution >= 4 is 17.3 Å². The van der Waals surface area contributed by atoms with Crippen LogP contribution in [0.4, 0.5) is 11.4 Å². The Labute approximate surface area is 107 Å². The highest BCUT2D eigenvalue weighted by Gasteiger charge is 2.21. The lowest BCUT2D eigenvalue weighted by Crippen LogP contribution is -2.22. The van der Waals surface area contributed by atoms with Gasteiger partial charge in [0.15, 0.2) is 0 Å². The number of terminal acetylenes is 1. The van der Waals surface area contributed by atoms with Gasteiger partial charge in [0.2, 0.25) is 0 Å². The predicted molar refractivity (Wildman–Crippen MR) is 71.5 cm³/mol. The second-order valence-corrected chi connectivity index (χ2v) is 4.24. The van der Waals surface area contributed by atoms with Gasteiger partial charge in [-0.25, -0.2) is 0 Å². The lowest BCUT2D eigenvalue weighted by molar-refractivity contribution is -0.111. The summed E-state index contributed by atoms with van der Waals surface area (Å²) in [7, 11) is 1.74. The highest BCUT2D eigenvalue weighted by molar-refractivity contribution is 6.03. The highest BCUT2D eigenvalue weighted by Crippen LogP contribution is 2.23. The number of hydrogen-bond acceptors (Lipinski definition) is 3. The molecule has 1 aliphatic heterocycles. The maximum absolute atomic E-state index is 11.0. The van der Waals surface area contributed by atoms with Crippen molar-refractivity contribution in [1.82, 2.24) is 0 Å². The number of ether oxygens (including phenoxy) is 1. The Kier molecular flexibility index (Phi) is 3.85. The monoisotopic (exact) mass is 244 g/mol. The molecule has 0 saturated carbocycles. The van der Waals surface area contributed by atoms with E-state index in [1.807, 2.05) is 30.2 Å². The number of carbonyl (C=O) groups is 1. The van der Waals surface area contributed by atoms with E-state index in [0.29, 0.717) is 11.8 Å². The topological polar surface area (TPSA) is 41.6 Å². The lowest BCUT2D eigenvalue weighted by atomic mass is 10.2. The molecule has 2 rings (SSSR count). The Morgan fingerprint density at radius 3 is 2.78 bits per heavy atom. The van der Waals surface area contributed by atoms with E-state index in [4.69, 9.17) is 11.2 Å². The van der Waals surface area contributed by atoms with Gasteiger partial charge in [-0.1, -0.05) is 0 Å². The summed E-state index contributed by atoms with van der Waals surface area (Å²) in [5.74, 6) is 1.59. The van der Waals surface area contributed by atoms with Gasteiger partial charge in [0.25, 0.3) is 5.91 Å². The van der Waals surface area contributed by atoms with Gasteiger partial charge in [-0.3, -0.25) is 4.79 Å². The van der Waals surface area contributed by atoms with Crippen LogP contribution in [0.15, 0.2) is 24.3 Å². The second-order valence-electron chi connectivity index (χ2n) is 4.24. The fourth-order valence-electron chi connectivity index (χ4n) is 2.08. The summed E-state index contributed by atoms with van der Waals surface area (Å²) in [5.41, 5.74) is 1.84. The highest BCUT2D eigenvalue weighted by atomic mass is 16.5. The van der Waals surface area contributed by atoms with Crippen LogP contribution >= 0.6 is 0 Å². The molecule has 0 radical (unpaired) electrons. The number of methoxy groups -OCH3 is 1. The summed E-state index contributed by atoms with van der Waals surface area (Å²) < 4.78 is 5.33. The van der Waals surface area contributed by atoms with E-state index in [1.54, 1.807) is 7.11 Å². The number of nitrogens with zero attached hydrogens (tertiary/aromatic N) is 1. The van der Waals surface area contributed by atoms with E-state index in [1.165, 1.54) is 0 Å². The Bertz CT molecular complexity index is 462. The molecule has 1 heterocycles. The smallest absolute Gasteiger partial charge is 0.300 e. The van der Waals surface area contributed by atoms with Crippen LogP contribution in [0.2, 0.25) is 0 Å². The van der Waals surface area contributed by atoms with Gasteiger partial charge >= 0.3 is 0 Å². The van der Waals surface area contributed by atoms with Crippen LogP contribution in [-0.2, 0) is 9.53 Å². The van der Waals surface area contributed by atoms with Crippen LogP contribution in [0.1, 0.15) is 6.42 Å². The maximum atomic E-state index is 11.0. The van der Waals surface area contributed by atoms with E-state index in [2.05, 4.69) is 10.2 Å². The van der Waals surface area contributed by atoms with E-state index < -0.39 is 5.91 Å². The summed E-state index contributed by atoms with van der Waals surface area (Å²) in [4.78, 5) is 13.3.